The molecule has 0 radical (unpaired) electrons. The number of halogens is 1. The van der Waals surface area contributed by atoms with Gasteiger partial charge in [-0.1, -0.05) is 23.9 Å². The van der Waals surface area contributed by atoms with Crippen LogP contribution in [0.5, 0.6) is 0 Å². The predicted octanol–water partition coefficient (Wildman–Crippen LogP) is 3.41. The van der Waals surface area contributed by atoms with Crippen LogP contribution in [0.25, 0.3) is 21.3 Å². The maximum atomic E-state index is 13.1. The Kier molecular flexibility index (Phi) is 5.19. The van der Waals surface area contributed by atoms with Crippen molar-refractivity contribution in [1.29, 1.82) is 0 Å². The highest BCUT2D eigenvalue weighted by Crippen LogP contribution is 2.32. The number of carbonyl (C=O) groups excluding carboxylic acids is 1. The van der Waals surface area contributed by atoms with Gasteiger partial charge in [-0.15, -0.1) is 11.3 Å². The lowest BCUT2D eigenvalue weighted by atomic mass is 10.1. The second-order valence-corrected chi connectivity index (χ2v) is 7.55. The van der Waals surface area contributed by atoms with Crippen molar-refractivity contribution in [2.24, 2.45) is 0 Å². The van der Waals surface area contributed by atoms with Crippen molar-refractivity contribution in [2.75, 3.05) is 6.54 Å². The second kappa shape index (κ2) is 7.37. The van der Waals surface area contributed by atoms with E-state index in [2.05, 4.69) is 15.3 Å². The standard InChI is InChI=1S/C17H16FN3O2S2/c1-3-19-14(22)9(2)25-17-20-15(23)13-12(8-24-16(13)21-17)10-4-6-11(18)7-5-10/h4-9H,3H2,1-2H3,(H,19,22)(H,20,21,23). The lowest BCUT2D eigenvalue weighted by Gasteiger charge is -2.09. The number of amides is 1. The summed E-state index contributed by atoms with van der Waals surface area (Å²) in [6, 6.07) is 5.99. The van der Waals surface area contributed by atoms with E-state index in [0.29, 0.717) is 21.9 Å². The predicted molar refractivity (Wildman–Crippen MR) is 99.6 cm³/mol. The summed E-state index contributed by atoms with van der Waals surface area (Å²) in [5.41, 5.74) is 1.22. The Balaban J connectivity index is 1.95. The molecule has 1 amide bonds. The number of carbonyl (C=O) groups is 1. The Morgan fingerprint density at radius 1 is 1.40 bits per heavy atom. The van der Waals surface area contributed by atoms with Crippen molar-refractivity contribution in [3.63, 3.8) is 0 Å². The number of rotatable bonds is 5. The van der Waals surface area contributed by atoms with E-state index in [1.54, 1.807) is 19.1 Å². The maximum Gasteiger partial charge on any atom is 0.260 e. The van der Waals surface area contributed by atoms with E-state index in [9.17, 15) is 14.0 Å². The minimum atomic E-state index is -0.364. The Morgan fingerprint density at radius 3 is 2.80 bits per heavy atom. The number of hydrogen-bond donors (Lipinski definition) is 2. The summed E-state index contributed by atoms with van der Waals surface area (Å²) < 4.78 is 13.1. The van der Waals surface area contributed by atoms with E-state index in [0.717, 1.165) is 11.1 Å². The third-order valence-corrected chi connectivity index (χ3v) is 5.44. The van der Waals surface area contributed by atoms with Crippen LogP contribution in [0, 0.1) is 5.82 Å². The molecule has 0 bridgehead atoms. The summed E-state index contributed by atoms with van der Waals surface area (Å²) >= 11 is 2.55. The number of nitrogens with zero attached hydrogens (tertiary/aromatic N) is 1. The van der Waals surface area contributed by atoms with E-state index in [4.69, 9.17) is 0 Å². The van der Waals surface area contributed by atoms with Gasteiger partial charge in [-0.3, -0.25) is 9.59 Å². The Labute approximate surface area is 151 Å². The topological polar surface area (TPSA) is 74.8 Å². The van der Waals surface area contributed by atoms with Gasteiger partial charge in [0.25, 0.3) is 5.56 Å². The molecule has 1 unspecified atom stereocenters. The van der Waals surface area contributed by atoms with Crippen LogP contribution in [-0.4, -0.2) is 27.7 Å². The number of aromatic nitrogens is 2. The molecule has 8 heteroatoms. The molecule has 0 aliphatic carbocycles. The number of benzene rings is 1. The molecule has 0 aliphatic heterocycles. The third-order valence-electron chi connectivity index (χ3n) is 3.59. The van der Waals surface area contributed by atoms with Gasteiger partial charge < -0.3 is 10.3 Å². The molecule has 130 valence electrons. The van der Waals surface area contributed by atoms with Gasteiger partial charge in [0.15, 0.2) is 5.16 Å². The van der Waals surface area contributed by atoms with Crippen LogP contribution >= 0.6 is 23.1 Å². The molecule has 0 saturated carbocycles. The maximum absolute atomic E-state index is 13.1. The fourth-order valence-corrected chi connectivity index (χ4v) is 4.19. The highest BCUT2D eigenvalue weighted by Gasteiger charge is 2.17. The lowest BCUT2D eigenvalue weighted by Crippen LogP contribution is -2.30. The first-order valence-electron chi connectivity index (χ1n) is 7.71. The zero-order valence-corrected chi connectivity index (χ0v) is 15.3. The van der Waals surface area contributed by atoms with Crippen LogP contribution in [-0.2, 0) is 4.79 Å². The molecule has 0 fully saturated rings. The van der Waals surface area contributed by atoms with E-state index in [1.165, 1.54) is 35.2 Å². The van der Waals surface area contributed by atoms with E-state index in [-0.39, 0.29) is 22.5 Å². The van der Waals surface area contributed by atoms with Crippen molar-refractivity contribution in [2.45, 2.75) is 24.3 Å². The number of thioether (sulfide) groups is 1. The monoisotopic (exact) mass is 377 g/mol. The summed E-state index contributed by atoms with van der Waals surface area (Å²) in [6.07, 6.45) is 0. The molecule has 0 spiro atoms. The summed E-state index contributed by atoms with van der Waals surface area (Å²) in [6.45, 7) is 4.17. The van der Waals surface area contributed by atoms with Crippen LogP contribution in [0.1, 0.15) is 13.8 Å². The summed E-state index contributed by atoms with van der Waals surface area (Å²) in [7, 11) is 0. The first kappa shape index (κ1) is 17.6. The molecule has 5 nitrogen and oxygen atoms in total. The van der Waals surface area contributed by atoms with E-state index < -0.39 is 0 Å². The fourth-order valence-electron chi connectivity index (χ4n) is 2.37. The van der Waals surface area contributed by atoms with E-state index >= 15 is 0 Å². The number of thiophene rings is 1. The number of fused-ring (bicyclic) bond motifs is 1. The average molecular weight is 377 g/mol. The van der Waals surface area contributed by atoms with Gasteiger partial charge >= 0.3 is 0 Å². The molecule has 25 heavy (non-hydrogen) atoms. The van der Waals surface area contributed by atoms with Crippen LogP contribution < -0.4 is 10.9 Å². The Bertz CT molecular complexity index is 966. The van der Waals surface area contributed by atoms with Crippen molar-refractivity contribution in [3.05, 3.63) is 45.8 Å². The molecular formula is C17H16FN3O2S2. The van der Waals surface area contributed by atoms with Crippen molar-refractivity contribution in [3.8, 4) is 11.1 Å². The number of aromatic amines is 1. The second-order valence-electron chi connectivity index (χ2n) is 5.36. The smallest absolute Gasteiger partial charge is 0.260 e. The molecule has 3 aromatic rings. The SMILES string of the molecule is CCNC(=O)C(C)Sc1nc2scc(-c3ccc(F)cc3)c2c(=O)[nH]1. The van der Waals surface area contributed by atoms with E-state index in [1.807, 2.05) is 12.3 Å². The van der Waals surface area contributed by atoms with Gasteiger partial charge in [0, 0.05) is 17.5 Å². The average Bonchev–Trinajstić information content (AvgIpc) is 3.00. The number of hydrogen-bond acceptors (Lipinski definition) is 5. The van der Waals surface area contributed by atoms with Gasteiger partial charge in [0.2, 0.25) is 5.91 Å². The first-order valence-corrected chi connectivity index (χ1v) is 9.47. The fraction of sp³-hybridized carbons (Fsp3) is 0.235. The van der Waals surface area contributed by atoms with Gasteiger partial charge in [-0.2, -0.15) is 0 Å². The van der Waals surface area contributed by atoms with Gasteiger partial charge in [-0.25, -0.2) is 9.37 Å². The Morgan fingerprint density at radius 2 is 2.12 bits per heavy atom. The molecular weight excluding hydrogens is 361 g/mol. The van der Waals surface area contributed by atoms with Crippen molar-refractivity contribution >= 4 is 39.2 Å². The normalized spacial score (nSPS) is 12.3. The summed E-state index contributed by atoms with van der Waals surface area (Å²) in [4.78, 5) is 32.1. The van der Waals surface area contributed by atoms with Gasteiger partial charge in [0.1, 0.15) is 10.6 Å². The zero-order chi connectivity index (χ0) is 18.0. The number of nitrogens with one attached hydrogen (secondary N) is 2. The van der Waals surface area contributed by atoms with Crippen molar-refractivity contribution in [1.82, 2.24) is 15.3 Å². The minimum absolute atomic E-state index is 0.103. The lowest BCUT2D eigenvalue weighted by molar-refractivity contribution is -0.120. The Hall–Kier alpha value is -2.19. The molecule has 0 saturated heterocycles. The molecule has 1 aromatic carbocycles. The summed E-state index contributed by atoms with van der Waals surface area (Å²) in [5.74, 6) is -0.429. The third kappa shape index (κ3) is 3.74. The van der Waals surface area contributed by atoms with Crippen LogP contribution in [0.3, 0.4) is 0 Å². The summed E-state index contributed by atoms with van der Waals surface area (Å²) in [5, 5.41) is 5.10. The largest absolute Gasteiger partial charge is 0.355 e. The van der Waals surface area contributed by atoms with Crippen LogP contribution in [0.15, 0.2) is 39.6 Å². The molecule has 1 atom stereocenters. The highest BCUT2D eigenvalue weighted by atomic mass is 32.2. The quantitative estimate of drug-likeness (QED) is 0.528. The zero-order valence-electron chi connectivity index (χ0n) is 13.6. The molecule has 2 aromatic heterocycles. The molecule has 3 rings (SSSR count). The van der Waals surface area contributed by atoms with Gasteiger partial charge in [0.05, 0.1) is 10.6 Å². The number of H-pyrrole nitrogens is 1. The molecule has 0 aliphatic rings. The van der Waals surface area contributed by atoms with Crippen LogP contribution in [0.2, 0.25) is 0 Å². The van der Waals surface area contributed by atoms with Crippen molar-refractivity contribution < 1.29 is 9.18 Å². The minimum Gasteiger partial charge on any atom is -0.355 e. The first-order chi connectivity index (χ1) is 12.0. The molecule has 2 N–H and O–H groups in total. The van der Waals surface area contributed by atoms with Gasteiger partial charge in [-0.05, 0) is 31.5 Å². The van der Waals surface area contributed by atoms with Crippen LogP contribution in [0.4, 0.5) is 4.39 Å². The highest BCUT2D eigenvalue weighted by molar-refractivity contribution is 8.00. The molecule has 2 heterocycles.